The third kappa shape index (κ3) is 3.94. The summed E-state index contributed by atoms with van der Waals surface area (Å²) < 4.78 is 39.5. The van der Waals surface area contributed by atoms with Gasteiger partial charge in [-0.15, -0.1) is 0 Å². The molecule has 0 radical (unpaired) electrons. The van der Waals surface area contributed by atoms with Crippen molar-refractivity contribution in [2.45, 2.75) is 12.8 Å². The average Bonchev–Trinajstić information content (AvgIpc) is 2.37. The van der Waals surface area contributed by atoms with E-state index in [0.717, 1.165) is 38.8 Å². The summed E-state index contributed by atoms with van der Waals surface area (Å²) in [7, 11) is 2.09. The minimum atomic E-state index is -1.10. The first-order valence-corrected chi connectivity index (χ1v) is 6.60. The molecule has 0 amide bonds. The van der Waals surface area contributed by atoms with Crippen molar-refractivity contribution in [1.29, 1.82) is 0 Å². The van der Waals surface area contributed by atoms with Crippen LogP contribution < -0.4 is 0 Å². The molecule has 1 fully saturated rings. The molecule has 1 heterocycles. The Morgan fingerprint density at radius 3 is 2.42 bits per heavy atom. The van der Waals surface area contributed by atoms with E-state index in [1.807, 2.05) is 0 Å². The van der Waals surface area contributed by atoms with Gasteiger partial charge in [0.2, 0.25) is 0 Å². The predicted octanol–water partition coefficient (Wildman–Crippen LogP) is 2.28. The lowest BCUT2D eigenvalue weighted by molar-refractivity contribution is 0.153. The third-order valence-electron chi connectivity index (χ3n) is 3.58. The van der Waals surface area contributed by atoms with Gasteiger partial charge in [-0.1, -0.05) is 0 Å². The van der Waals surface area contributed by atoms with Gasteiger partial charge in [-0.25, -0.2) is 13.2 Å². The molecule has 0 aliphatic carbocycles. The molecule has 1 aliphatic rings. The summed E-state index contributed by atoms with van der Waals surface area (Å²) in [5, 5.41) is 0. The van der Waals surface area contributed by atoms with Gasteiger partial charge in [0.15, 0.2) is 11.6 Å². The average molecular weight is 272 g/mol. The van der Waals surface area contributed by atoms with Crippen LogP contribution in [-0.2, 0) is 6.42 Å². The summed E-state index contributed by atoms with van der Waals surface area (Å²) in [6.07, 6.45) is 1.08. The Hall–Kier alpha value is -1.07. The largest absolute Gasteiger partial charge is 0.304 e. The summed E-state index contributed by atoms with van der Waals surface area (Å²) in [5.74, 6) is -2.73. The quantitative estimate of drug-likeness (QED) is 0.776. The molecule has 0 bridgehead atoms. The van der Waals surface area contributed by atoms with E-state index in [0.29, 0.717) is 18.9 Å². The Labute approximate surface area is 111 Å². The van der Waals surface area contributed by atoms with E-state index in [2.05, 4.69) is 16.8 Å². The Bertz CT molecular complexity index is 429. The topological polar surface area (TPSA) is 6.48 Å². The maximum absolute atomic E-state index is 13.4. The van der Waals surface area contributed by atoms with Gasteiger partial charge >= 0.3 is 0 Å². The second kappa shape index (κ2) is 6.39. The number of aryl methyl sites for hydroxylation is 1. The number of nitrogens with zero attached hydrogens (tertiary/aromatic N) is 2. The summed E-state index contributed by atoms with van der Waals surface area (Å²) in [5.41, 5.74) is 0.131. The lowest BCUT2D eigenvalue weighted by atomic mass is 10.1. The molecule has 2 rings (SSSR count). The van der Waals surface area contributed by atoms with Gasteiger partial charge in [-0.05, 0) is 38.1 Å². The van der Waals surface area contributed by atoms with E-state index in [9.17, 15) is 13.2 Å². The maximum atomic E-state index is 13.4. The lowest BCUT2D eigenvalue weighted by Gasteiger charge is -2.32. The fourth-order valence-electron chi connectivity index (χ4n) is 2.36. The van der Waals surface area contributed by atoms with Gasteiger partial charge in [0.05, 0.1) is 0 Å². The predicted molar refractivity (Wildman–Crippen MR) is 68.6 cm³/mol. The Kier molecular flexibility index (Phi) is 4.82. The van der Waals surface area contributed by atoms with E-state index < -0.39 is 17.5 Å². The Balaban J connectivity index is 1.83. The highest BCUT2D eigenvalue weighted by Gasteiger charge is 2.14. The summed E-state index contributed by atoms with van der Waals surface area (Å²) in [6, 6.07) is 1.67. The number of benzene rings is 1. The zero-order chi connectivity index (χ0) is 13.8. The minimum absolute atomic E-state index is 0.131. The summed E-state index contributed by atoms with van der Waals surface area (Å²) in [4.78, 5) is 4.56. The molecule has 1 saturated heterocycles. The van der Waals surface area contributed by atoms with E-state index in [4.69, 9.17) is 0 Å². The Morgan fingerprint density at radius 1 is 1.05 bits per heavy atom. The molecule has 1 aliphatic heterocycles. The van der Waals surface area contributed by atoms with Gasteiger partial charge in [-0.2, -0.15) is 0 Å². The second-order valence-electron chi connectivity index (χ2n) is 5.11. The van der Waals surface area contributed by atoms with Crippen molar-refractivity contribution in [3.05, 3.63) is 35.1 Å². The van der Waals surface area contributed by atoms with Crippen LogP contribution in [-0.4, -0.2) is 49.6 Å². The molecule has 0 aromatic heterocycles. The molecule has 1 aromatic rings. The van der Waals surface area contributed by atoms with Crippen molar-refractivity contribution in [1.82, 2.24) is 9.80 Å². The van der Waals surface area contributed by atoms with E-state index >= 15 is 0 Å². The van der Waals surface area contributed by atoms with E-state index in [1.54, 1.807) is 0 Å². The number of likely N-dealkylation sites (N-methyl/N-ethyl adjacent to an activating group) is 1. The van der Waals surface area contributed by atoms with E-state index in [1.165, 1.54) is 0 Å². The molecular formula is C14H19F3N2. The van der Waals surface area contributed by atoms with Gasteiger partial charge < -0.3 is 9.80 Å². The van der Waals surface area contributed by atoms with Crippen LogP contribution in [0, 0.1) is 17.5 Å². The summed E-state index contributed by atoms with van der Waals surface area (Å²) >= 11 is 0. The normalized spacial score (nSPS) is 17.9. The molecule has 5 heteroatoms. The smallest absolute Gasteiger partial charge is 0.162 e. The zero-order valence-electron chi connectivity index (χ0n) is 11.1. The number of hydrogen-bond donors (Lipinski definition) is 0. The van der Waals surface area contributed by atoms with Gasteiger partial charge in [0.25, 0.3) is 0 Å². The molecule has 0 spiro atoms. The van der Waals surface area contributed by atoms with Crippen molar-refractivity contribution in [2.24, 2.45) is 0 Å². The fraction of sp³-hybridized carbons (Fsp3) is 0.571. The molecular weight excluding hydrogens is 253 g/mol. The third-order valence-corrected chi connectivity index (χ3v) is 3.58. The zero-order valence-corrected chi connectivity index (χ0v) is 11.1. The SMILES string of the molecule is CN1CCN(CCCc2cc(F)cc(F)c2F)CC1. The van der Waals surface area contributed by atoms with Crippen LogP contribution in [0.1, 0.15) is 12.0 Å². The van der Waals surface area contributed by atoms with Crippen LogP contribution >= 0.6 is 0 Å². The second-order valence-corrected chi connectivity index (χ2v) is 5.11. The van der Waals surface area contributed by atoms with Crippen LogP contribution in [0.5, 0.6) is 0 Å². The first-order valence-electron chi connectivity index (χ1n) is 6.60. The molecule has 0 unspecified atom stereocenters. The highest BCUT2D eigenvalue weighted by atomic mass is 19.2. The van der Waals surface area contributed by atoms with Crippen LogP contribution in [0.25, 0.3) is 0 Å². The van der Waals surface area contributed by atoms with Gasteiger partial charge in [-0.3, -0.25) is 0 Å². The van der Waals surface area contributed by atoms with Gasteiger partial charge in [0, 0.05) is 32.2 Å². The molecule has 19 heavy (non-hydrogen) atoms. The Morgan fingerprint density at radius 2 is 1.74 bits per heavy atom. The van der Waals surface area contributed by atoms with Crippen molar-refractivity contribution < 1.29 is 13.2 Å². The van der Waals surface area contributed by atoms with Crippen molar-refractivity contribution in [3.63, 3.8) is 0 Å². The minimum Gasteiger partial charge on any atom is -0.304 e. The fourth-order valence-corrected chi connectivity index (χ4v) is 2.36. The number of hydrogen-bond acceptors (Lipinski definition) is 2. The highest BCUT2D eigenvalue weighted by molar-refractivity contribution is 5.20. The molecule has 1 aromatic carbocycles. The summed E-state index contributed by atoms with van der Waals surface area (Å²) in [6.45, 7) is 4.89. The van der Waals surface area contributed by atoms with Crippen LogP contribution in [0.3, 0.4) is 0 Å². The standard InChI is InChI=1S/C14H19F3N2/c1-18-5-7-19(8-6-18)4-2-3-11-9-12(15)10-13(16)14(11)17/h9-10H,2-8H2,1H3. The maximum Gasteiger partial charge on any atom is 0.162 e. The molecule has 0 atom stereocenters. The number of piperazine rings is 1. The molecule has 2 nitrogen and oxygen atoms in total. The van der Waals surface area contributed by atoms with Crippen LogP contribution in [0.4, 0.5) is 13.2 Å². The van der Waals surface area contributed by atoms with Crippen molar-refractivity contribution in [2.75, 3.05) is 39.8 Å². The lowest BCUT2D eigenvalue weighted by Crippen LogP contribution is -2.44. The molecule has 106 valence electrons. The number of halogens is 3. The molecule has 0 saturated carbocycles. The first-order chi connectivity index (χ1) is 9.06. The highest BCUT2D eigenvalue weighted by Crippen LogP contribution is 2.16. The van der Waals surface area contributed by atoms with Gasteiger partial charge in [0.1, 0.15) is 5.82 Å². The van der Waals surface area contributed by atoms with Crippen LogP contribution in [0.15, 0.2) is 12.1 Å². The monoisotopic (exact) mass is 272 g/mol. The van der Waals surface area contributed by atoms with Crippen LogP contribution in [0.2, 0.25) is 0 Å². The molecule has 0 N–H and O–H groups in total. The number of rotatable bonds is 4. The first kappa shape index (κ1) is 14.3. The van der Waals surface area contributed by atoms with E-state index in [-0.39, 0.29) is 5.56 Å². The van der Waals surface area contributed by atoms with Crippen molar-refractivity contribution >= 4 is 0 Å². The van der Waals surface area contributed by atoms with Crippen molar-refractivity contribution in [3.8, 4) is 0 Å².